The second-order valence-electron chi connectivity index (χ2n) is 3.26. The molecule has 0 aliphatic heterocycles. The standard InChI is InChI=1S/C10H12F3NO/c11-10(12,13)9(15,6-7-14)8-4-2-1-3-5-8/h1-5,15H,6-7,14H2/t9-/m1/s1. The van der Waals surface area contributed by atoms with Crippen LogP contribution >= 0.6 is 0 Å². The molecule has 1 atom stereocenters. The maximum atomic E-state index is 12.7. The summed E-state index contributed by atoms with van der Waals surface area (Å²) in [6, 6.07) is 6.96. The molecule has 2 nitrogen and oxygen atoms in total. The molecule has 0 aliphatic carbocycles. The molecule has 3 N–H and O–H groups in total. The zero-order valence-electron chi connectivity index (χ0n) is 7.96. The van der Waals surface area contributed by atoms with E-state index in [-0.39, 0.29) is 12.1 Å². The van der Waals surface area contributed by atoms with Gasteiger partial charge in [-0.25, -0.2) is 0 Å². The first-order valence-corrected chi connectivity index (χ1v) is 4.46. The van der Waals surface area contributed by atoms with Gasteiger partial charge in [0.25, 0.3) is 0 Å². The van der Waals surface area contributed by atoms with Crippen LogP contribution in [0.4, 0.5) is 13.2 Å². The van der Waals surface area contributed by atoms with Gasteiger partial charge >= 0.3 is 6.18 Å². The highest BCUT2D eigenvalue weighted by Crippen LogP contribution is 2.40. The van der Waals surface area contributed by atoms with Gasteiger partial charge in [0.15, 0.2) is 5.60 Å². The van der Waals surface area contributed by atoms with Gasteiger partial charge in [-0.15, -0.1) is 0 Å². The highest BCUT2D eigenvalue weighted by molar-refractivity contribution is 5.24. The van der Waals surface area contributed by atoms with Gasteiger partial charge in [0, 0.05) is 6.42 Å². The molecule has 0 radical (unpaired) electrons. The summed E-state index contributed by atoms with van der Waals surface area (Å²) >= 11 is 0. The Kier molecular flexibility index (Phi) is 3.36. The predicted octanol–water partition coefficient (Wildman–Crippen LogP) is 1.79. The fourth-order valence-corrected chi connectivity index (χ4v) is 1.37. The molecule has 0 aliphatic rings. The van der Waals surface area contributed by atoms with E-state index in [2.05, 4.69) is 0 Å². The maximum absolute atomic E-state index is 12.7. The molecule has 0 unspecified atom stereocenters. The summed E-state index contributed by atoms with van der Waals surface area (Å²) in [5.74, 6) is 0. The summed E-state index contributed by atoms with van der Waals surface area (Å²) in [5.41, 5.74) is 2.07. The summed E-state index contributed by atoms with van der Waals surface area (Å²) in [5, 5.41) is 9.61. The minimum atomic E-state index is -4.71. The molecule has 15 heavy (non-hydrogen) atoms. The number of hydrogen-bond acceptors (Lipinski definition) is 2. The van der Waals surface area contributed by atoms with E-state index < -0.39 is 18.2 Å². The topological polar surface area (TPSA) is 46.2 Å². The van der Waals surface area contributed by atoms with Crippen molar-refractivity contribution in [2.75, 3.05) is 6.54 Å². The molecule has 0 saturated heterocycles. The van der Waals surface area contributed by atoms with E-state index in [0.717, 1.165) is 0 Å². The molecule has 0 heterocycles. The van der Waals surface area contributed by atoms with Gasteiger partial charge in [0.05, 0.1) is 0 Å². The Hall–Kier alpha value is -1.07. The Morgan fingerprint density at radius 3 is 2.07 bits per heavy atom. The van der Waals surface area contributed by atoms with Gasteiger partial charge < -0.3 is 10.8 Å². The van der Waals surface area contributed by atoms with Crippen molar-refractivity contribution in [2.24, 2.45) is 5.73 Å². The largest absolute Gasteiger partial charge is 0.421 e. The Morgan fingerprint density at radius 1 is 1.13 bits per heavy atom. The summed E-state index contributed by atoms with van der Waals surface area (Å²) in [6.45, 7) is -0.231. The van der Waals surface area contributed by atoms with Crippen molar-refractivity contribution in [2.45, 2.75) is 18.2 Å². The van der Waals surface area contributed by atoms with Crippen LogP contribution in [0, 0.1) is 0 Å². The summed E-state index contributed by atoms with van der Waals surface area (Å²) in [6.07, 6.45) is -5.26. The van der Waals surface area contributed by atoms with Gasteiger partial charge in [0.1, 0.15) is 0 Å². The number of alkyl halides is 3. The van der Waals surface area contributed by atoms with Crippen molar-refractivity contribution in [3.63, 3.8) is 0 Å². The Morgan fingerprint density at radius 2 is 1.67 bits per heavy atom. The van der Waals surface area contributed by atoms with Crippen LogP contribution in [-0.2, 0) is 5.60 Å². The quantitative estimate of drug-likeness (QED) is 0.814. The number of benzene rings is 1. The molecule has 0 amide bonds. The first-order chi connectivity index (χ1) is 6.92. The molecule has 0 fully saturated rings. The monoisotopic (exact) mass is 219 g/mol. The average molecular weight is 219 g/mol. The van der Waals surface area contributed by atoms with E-state index in [1.165, 1.54) is 24.3 Å². The minimum absolute atomic E-state index is 0.178. The maximum Gasteiger partial charge on any atom is 0.421 e. The van der Waals surface area contributed by atoms with Gasteiger partial charge in [-0.3, -0.25) is 0 Å². The van der Waals surface area contributed by atoms with E-state index in [9.17, 15) is 18.3 Å². The average Bonchev–Trinajstić information content (AvgIpc) is 2.18. The second-order valence-corrected chi connectivity index (χ2v) is 3.26. The number of rotatable bonds is 3. The van der Waals surface area contributed by atoms with Crippen LogP contribution in [0.15, 0.2) is 30.3 Å². The van der Waals surface area contributed by atoms with Gasteiger partial charge in [-0.2, -0.15) is 13.2 Å². The van der Waals surface area contributed by atoms with Crippen LogP contribution in [-0.4, -0.2) is 17.8 Å². The third kappa shape index (κ3) is 2.30. The van der Waals surface area contributed by atoms with Crippen molar-refractivity contribution in [1.29, 1.82) is 0 Å². The molecule has 1 aromatic rings. The zero-order chi connectivity index (χ0) is 11.5. The van der Waals surface area contributed by atoms with E-state index in [1.807, 2.05) is 0 Å². The molecular weight excluding hydrogens is 207 g/mol. The van der Waals surface area contributed by atoms with Gasteiger partial charge in [-0.1, -0.05) is 30.3 Å². The van der Waals surface area contributed by atoms with Crippen molar-refractivity contribution in [1.82, 2.24) is 0 Å². The zero-order valence-corrected chi connectivity index (χ0v) is 7.96. The molecule has 0 bridgehead atoms. The number of hydrogen-bond donors (Lipinski definition) is 2. The van der Waals surface area contributed by atoms with Gasteiger partial charge in [-0.05, 0) is 12.1 Å². The fourth-order valence-electron chi connectivity index (χ4n) is 1.37. The SMILES string of the molecule is NCC[C@@](O)(c1ccccc1)C(F)(F)F. The molecule has 84 valence electrons. The van der Waals surface area contributed by atoms with Crippen LogP contribution in [0.2, 0.25) is 0 Å². The lowest BCUT2D eigenvalue weighted by Gasteiger charge is -2.30. The predicted molar refractivity (Wildman–Crippen MR) is 50.1 cm³/mol. The summed E-state index contributed by atoms with van der Waals surface area (Å²) in [4.78, 5) is 0. The smallest absolute Gasteiger partial charge is 0.376 e. The highest BCUT2D eigenvalue weighted by atomic mass is 19.4. The van der Waals surface area contributed by atoms with Crippen LogP contribution in [0.3, 0.4) is 0 Å². The lowest BCUT2D eigenvalue weighted by Crippen LogP contribution is -2.43. The molecular formula is C10H12F3NO. The Labute approximate surface area is 85.5 Å². The second kappa shape index (κ2) is 4.20. The van der Waals surface area contributed by atoms with Crippen molar-refractivity contribution in [3.05, 3.63) is 35.9 Å². The molecule has 1 aromatic carbocycles. The van der Waals surface area contributed by atoms with E-state index in [1.54, 1.807) is 6.07 Å². The summed E-state index contributed by atoms with van der Waals surface area (Å²) in [7, 11) is 0. The molecule has 0 saturated carbocycles. The van der Waals surface area contributed by atoms with Crippen molar-refractivity contribution in [3.8, 4) is 0 Å². The highest BCUT2D eigenvalue weighted by Gasteiger charge is 2.54. The van der Waals surface area contributed by atoms with Crippen LogP contribution in [0.5, 0.6) is 0 Å². The third-order valence-electron chi connectivity index (χ3n) is 2.23. The van der Waals surface area contributed by atoms with Crippen molar-refractivity contribution < 1.29 is 18.3 Å². The lowest BCUT2D eigenvalue weighted by molar-refractivity contribution is -0.268. The Bertz CT molecular complexity index is 312. The Balaban J connectivity index is 3.13. The van der Waals surface area contributed by atoms with E-state index >= 15 is 0 Å². The number of nitrogens with two attached hydrogens (primary N) is 1. The van der Waals surface area contributed by atoms with Crippen LogP contribution in [0.25, 0.3) is 0 Å². The summed E-state index contributed by atoms with van der Waals surface area (Å²) < 4.78 is 38.0. The minimum Gasteiger partial charge on any atom is -0.376 e. The molecule has 0 aromatic heterocycles. The molecule has 0 spiro atoms. The van der Waals surface area contributed by atoms with E-state index in [4.69, 9.17) is 5.73 Å². The number of halogens is 3. The fraction of sp³-hybridized carbons (Fsp3) is 0.400. The van der Waals surface area contributed by atoms with Crippen molar-refractivity contribution >= 4 is 0 Å². The molecule has 1 rings (SSSR count). The first kappa shape index (κ1) is 12.0. The van der Waals surface area contributed by atoms with Crippen LogP contribution < -0.4 is 5.73 Å². The van der Waals surface area contributed by atoms with Crippen LogP contribution in [0.1, 0.15) is 12.0 Å². The first-order valence-electron chi connectivity index (χ1n) is 4.46. The lowest BCUT2D eigenvalue weighted by atomic mass is 9.90. The van der Waals surface area contributed by atoms with E-state index in [0.29, 0.717) is 0 Å². The molecule has 5 heteroatoms. The normalized spacial score (nSPS) is 16.1. The number of aliphatic hydroxyl groups is 1. The van der Waals surface area contributed by atoms with Gasteiger partial charge in [0.2, 0.25) is 0 Å². The third-order valence-corrected chi connectivity index (χ3v) is 2.23.